The Morgan fingerprint density at radius 1 is 1.36 bits per heavy atom. The van der Waals surface area contributed by atoms with Gasteiger partial charge in [0.05, 0.1) is 10.9 Å². The fourth-order valence-corrected chi connectivity index (χ4v) is 2.73. The zero-order chi connectivity index (χ0) is 11.6. The van der Waals surface area contributed by atoms with Crippen molar-refractivity contribution in [1.29, 1.82) is 0 Å². The Hall–Kier alpha value is 0.0600. The predicted octanol–water partition coefficient (Wildman–Crippen LogP) is 0.609. The van der Waals surface area contributed by atoms with Gasteiger partial charge in [0.25, 0.3) is 10.1 Å². The summed E-state index contributed by atoms with van der Waals surface area (Å²) in [6, 6.07) is 0. The molecular weight excluding hydrogens is 231 g/mol. The molecule has 86 valence electrons. The van der Waals surface area contributed by atoms with Crippen LogP contribution < -0.4 is 0 Å². The van der Waals surface area contributed by atoms with E-state index in [1.165, 1.54) is 6.92 Å². The zero-order valence-corrected chi connectivity index (χ0v) is 9.70. The van der Waals surface area contributed by atoms with Crippen LogP contribution in [0.25, 0.3) is 0 Å². The average molecular weight is 246 g/mol. The van der Waals surface area contributed by atoms with E-state index >= 15 is 0 Å². The minimum absolute atomic E-state index is 0.171. The van der Waals surface area contributed by atoms with Crippen LogP contribution in [0.1, 0.15) is 26.7 Å². The highest BCUT2D eigenvalue weighted by Crippen LogP contribution is 2.45. The SMILES string of the molecule is CCC(CC(C)S(=O)(=O)O)P(=O)(O)O. The lowest BCUT2D eigenvalue weighted by Crippen LogP contribution is -2.23. The highest BCUT2D eigenvalue weighted by atomic mass is 32.2. The maximum absolute atomic E-state index is 10.8. The maximum atomic E-state index is 10.8. The molecule has 0 aliphatic rings. The van der Waals surface area contributed by atoms with E-state index in [1.54, 1.807) is 6.92 Å². The van der Waals surface area contributed by atoms with E-state index < -0.39 is 28.6 Å². The Morgan fingerprint density at radius 3 is 2.00 bits per heavy atom. The van der Waals surface area contributed by atoms with Gasteiger partial charge < -0.3 is 9.79 Å². The molecule has 0 aromatic carbocycles. The molecule has 8 heteroatoms. The van der Waals surface area contributed by atoms with Gasteiger partial charge in [-0.3, -0.25) is 9.12 Å². The fraction of sp³-hybridized carbons (Fsp3) is 1.00. The van der Waals surface area contributed by atoms with Gasteiger partial charge in [-0.1, -0.05) is 6.92 Å². The Balaban J connectivity index is 4.58. The highest BCUT2D eigenvalue weighted by Gasteiger charge is 2.32. The van der Waals surface area contributed by atoms with Gasteiger partial charge in [-0.15, -0.1) is 0 Å². The first-order chi connectivity index (χ1) is 6.09. The second-order valence-corrected chi connectivity index (χ2v) is 6.96. The molecule has 0 bridgehead atoms. The molecule has 0 aromatic rings. The molecule has 0 aliphatic heterocycles. The minimum atomic E-state index is -4.27. The van der Waals surface area contributed by atoms with Crippen molar-refractivity contribution < 1.29 is 27.3 Å². The van der Waals surface area contributed by atoms with Gasteiger partial charge in [-0.25, -0.2) is 0 Å². The van der Waals surface area contributed by atoms with Crippen LogP contribution in [0.4, 0.5) is 0 Å². The second-order valence-electron chi connectivity index (χ2n) is 3.21. The van der Waals surface area contributed by atoms with Crippen molar-refractivity contribution >= 4 is 17.7 Å². The van der Waals surface area contributed by atoms with Gasteiger partial charge in [0.1, 0.15) is 0 Å². The van der Waals surface area contributed by atoms with Crippen LogP contribution in [0.2, 0.25) is 0 Å². The maximum Gasteiger partial charge on any atom is 0.328 e. The van der Waals surface area contributed by atoms with E-state index in [9.17, 15) is 13.0 Å². The minimum Gasteiger partial charge on any atom is -0.324 e. The normalized spacial score (nSPS) is 17.8. The quantitative estimate of drug-likeness (QED) is 0.484. The summed E-state index contributed by atoms with van der Waals surface area (Å²) in [5.41, 5.74) is -1.01. The van der Waals surface area contributed by atoms with Crippen molar-refractivity contribution in [3.63, 3.8) is 0 Å². The third kappa shape index (κ3) is 4.52. The summed E-state index contributed by atoms with van der Waals surface area (Å²) < 4.78 is 40.7. The molecule has 0 amide bonds. The van der Waals surface area contributed by atoms with Crippen LogP contribution in [-0.2, 0) is 14.7 Å². The molecule has 0 radical (unpaired) electrons. The Labute approximate surface area is 83.2 Å². The lowest BCUT2D eigenvalue weighted by atomic mass is 10.2. The van der Waals surface area contributed by atoms with E-state index in [-0.39, 0.29) is 12.8 Å². The summed E-state index contributed by atoms with van der Waals surface area (Å²) in [5.74, 6) is 0. The van der Waals surface area contributed by atoms with Crippen molar-refractivity contribution in [2.45, 2.75) is 37.6 Å². The van der Waals surface area contributed by atoms with Crippen molar-refractivity contribution in [3.8, 4) is 0 Å². The molecule has 0 rings (SSSR count). The number of rotatable bonds is 5. The zero-order valence-electron chi connectivity index (χ0n) is 7.99. The van der Waals surface area contributed by atoms with Gasteiger partial charge >= 0.3 is 7.60 Å². The molecule has 0 aliphatic carbocycles. The first-order valence-electron chi connectivity index (χ1n) is 4.10. The third-order valence-corrected chi connectivity index (χ3v) is 4.80. The lowest BCUT2D eigenvalue weighted by Gasteiger charge is -2.18. The van der Waals surface area contributed by atoms with E-state index in [2.05, 4.69) is 0 Å². The van der Waals surface area contributed by atoms with Gasteiger partial charge in [0.2, 0.25) is 0 Å². The smallest absolute Gasteiger partial charge is 0.324 e. The van der Waals surface area contributed by atoms with E-state index in [0.29, 0.717) is 0 Å². The molecular formula is C6H15O6PS. The summed E-state index contributed by atoms with van der Waals surface area (Å²) >= 11 is 0. The van der Waals surface area contributed by atoms with Crippen molar-refractivity contribution in [2.24, 2.45) is 0 Å². The van der Waals surface area contributed by atoms with Crippen LogP contribution in [0.5, 0.6) is 0 Å². The molecule has 0 aromatic heterocycles. The molecule has 2 atom stereocenters. The third-order valence-electron chi connectivity index (χ3n) is 2.06. The number of hydrogen-bond acceptors (Lipinski definition) is 3. The van der Waals surface area contributed by atoms with Crippen LogP contribution >= 0.6 is 7.60 Å². The van der Waals surface area contributed by atoms with Crippen LogP contribution in [0, 0.1) is 0 Å². The van der Waals surface area contributed by atoms with Crippen LogP contribution in [0.15, 0.2) is 0 Å². The Kier molecular flexibility index (Phi) is 4.74. The largest absolute Gasteiger partial charge is 0.328 e. The van der Waals surface area contributed by atoms with Crippen molar-refractivity contribution in [2.75, 3.05) is 0 Å². The monoisotopic (exact) mass is 246 g/mol. The van der Waals surface area contributed by atoms with E-state index in [0.717, 1.165) is 0 Å². The van der Waals surface area contributed by atoms with Crippen LogP contribution in [-0.4, -0.2) is 33.7 Å². The molecule has 3 N–H and O–H groups in total. The topological polar surface area (TPSA) is 112 Å². The first kappa shape index (κ1) is 14.1. The van der Waals surface area contributed by atoms with Gasteiger partial charge in [-0.05, 0) is 19.8 Å². The standard InChI is InChI=1S/C6H15O6PS/c1-3-6(13(7,8)9)4-5(2)14(10,11)12/h5-6H,3-4H2,1-2H3,(H2,7,8,9)(H,10,11,12). The first-order valence-corrected chi connectivity index (χ1v) is 7.29. The van der Waals surface area contributed by atoms with Crippen molar-refractivity contribution in [1.82, 2.24) is 0 Å². The summed E-state index contributed by atoms with van der Waals surface area (Å²) in [6.45, 7) is 2.77. The average Bonchev–Trinajstić information content (AvgIpc) is 1.95. The molecule has 2 unspecified atom stereocenters. The van der Waals surface area contributed by atoms with Gasteiger partial charge in [0, 0.05) is 0 Å². The fourth-order valence-electron chi connectivity index (χ4n) is 1.05. The lowest BCUT2D eigenvalue weighted by molar-refractivity contribution is 0.351. The molecule has 0 heterocycles. The molecule has 0 saturated carbocycles. The molecule has 0 spiro atoms. The van der Waals surface area contributed by atoms with E-state index in [1.807, 2.05) is 0 Å². The van der Waals surface area contributed by atoms with Gasteiger partial charge in [0.15, 0.2) is 0 Å². The number of hydrogen-bond donors (Lipinski definition) is 3. The highest BCUT2D eigenvalue weighted by molar-refractivity contribution is 7.86. The van der Waals surface area contributed by atoms with Crippen LogP contribution in [0.3, 0.4) is 0 Å². The van der Waals surface area contributed by atoms with E-state index in [4.69, 9.17) is 14.3 Å². The molecule has 14 heavy (non-hydrogen) atoms. The Morgan fingerprint density at radius 2 is 1.79 bits per heavy atom. The van der Waals surface area contributed by atoms with Crippen molar-refractivity contribution in [3.05, 3.63) is 0 Å². The molecule has 0 saturated heterocycles. The summed E-state index contributed by atoms with van der Waals surface area (Å²) in [5, 5.41) is -1.15. The van der Waals surface area contributed by atoms with Gasteiger partial charge in [-0.2, -0.15) is 8.42 Å². The molecule has 0 fully saturated rings. The Bertz CT molecular complexity index is 317. The molecule has 6 nitrogen and oxygen atoms in total. The summed E-state index contributed by atoms with van der Waals surface area (Å²) in [7, 11) is -8.49. The second kappa shape index (κ2) is 4.72. The summed E-state index contributed by atoms with van der Waals surface area (Å²) in [6.07, 6.45) is -0.0657. The summed E-state index contributed by atoms with van der Waals surface area (Å²) in [4.78, 5) is 17.7. The predicted molar refractivity (Wildman–Crippen MR) is 51.8 cm³/mol.